The molecule has 0 bridgehead atoms. The van der Waals surface area contributed by atoms with Crippen LogP contribution in [0.1, 0.15) is 50.5 Å². The zero-order valence-corrected chi connectivity index (χ0v) is 14.7. The molecule has 0 radical (unpaired) electrons. The van der Waals surface area contributed by atoms with Gasteiger partial charge in [-0.15, -0.1) is 0 Å². The van der Waals surface area contributed by atoms with Crippen molar-refractivity contribution in [1.29, 1.82) is 0 Å². The summed E-state index contributed by atoms with van der Waals surface area (Å²) in [5.74, 6) is 0.551. The fourth-order valence-electron chi connectivity index (χ4n) is 4.18. The van der Waals surface area contributed by atoms with Crippen molar-refractivity contribution < 1.29 is 4.79 Å². The number of nitrogens with zero attached hydrogens (tertiary/aromatic N) is 1. The van der Waals surface area contributed by atoms with Gasteiger partial charge in [0.1, 0.15) is 5.54 Å². The van der Waals surface area contributed by atoms with Crippen LogP contribution in [-0.4, -0.2) is 36.0 Å². The number of hydrogen-bond acceptors (Lipinski definition) is 3. The van der Waals surface area contributed by atoms with Crippen molar-refractivity contribution in [2.45, 2.75) is 57.0 Å². The van der Waals surface area contributed by atoms with Crippen LogP contribution in [0.2, 0.25) is 0 Å². The molecule has 1 amide bonds. The Morgan fingerprint density at radius 1 is 1.12 bits per heavy atom. The maximum absolute atomic E-state index is 12.2. The van der Waals surface area contributed by atoms with E-state index < -0.39 is 5.54 Å². The van der Waals surface area contributed by atoms with Crippen LogP contribution in [0.15, 0.2) is 30.3 Å². The number of carbonyl (C=O) groups is 1. The lowest BCUT2D eigenvalue weighted by Gasteiger charge is -2.41. The summed E-state index contributed by atoms with van der Waals surface area (Å²) in [4.78, 5) is 14.6. The van der Waals surface area contributed by atoms with Crippen LogP contribution in [0.5, 0.6) is 0 Å². The molecule has 2 fully saturated rings. The summed E-state index contributed by atoms with van der Waals surface area (Å²) in [6, 6.07) is 10.5. The van der Waals surface area contributed by atoms with Crippen molar-refractivity contribution in [1.82, 2.24) is 10.2 Å². The fourth-order valence-corrected chi connectivity index (χ4v) is 4.18. The molecule has 1 aliphatic carbocycles. The summed E-state index contributed by atoms with van der Waals surface area (Å²) in [5.41, 5.74) is 6.63. The maximum atomic E-state index is 12.2. The smallest absolute Gasteiger partial charge is 0.237 e. The van der Waals surface area contributed by atoms with Gasteiger partial charge < -0.3 is 11.1 Å². The summed E-state index contributed by atoms with van der Waals surface area (Å²) in [6.07, 6.45) is 8.27. The minimum absolute atomic E-state index is 0.169. The fraction of sp³-hybridized carbons (Fsp3) is 0.650. The number of nitrogens with two attached hydrogens (primary N) is 1. The highest BCUT2D eigenvalue weighted by Crippen LogP contribution is 2.27. The first kappa shape index (κ1) is 17.4. The normalized spacial score (nSPS) is 22.3. The molecule has 1 aliphatic heterocycles. The van der Waals surface area contributed by atoms with Crippen LogP contribution in [-0.2, 0) is 11.3 Å². The molecular formula is C20H31N3O. The molecule has 3 rings (SSSR count). The second kappa shape index (κ2) is 8.13. The third-order valence-corrected chi connectivity index (χ3v) is 5.88. The number of piperidine rings is 1. The molecule has 24 heavy (non-hydrogen) atoms. The summed E-state index contributed by atoms with van der Waals surface area (Å²) in [7, 11) is 0. The predicted molar refractivity (Wildman–Crippen MR) is 97.5 cm³/mol. The third-order valence-electron chi connectivity index (χ3n) is 5.88. The first-order valence-electron chi connectivity index (χ1n) is 9.49. The Bertz CT molecular complexity index is 517. The topological polar surface area (TPSA) is 58.4 Å². The van der Waals surface area contributed by atoms with Gasteiger partial charge in [-0.1, -0.05) is 49.6 Å². The van der Waals surface area contributed by atoms with E-state index in [9.17, 15) is 4.79 Å². The van der Waals surface area contributed by atoms with Crippen LogP contribution in [0.3, 0.4) is 0 Å². The number of hydrogen-bond donors (Lipinski definition) is 2. The lowest BCUT2D eigenvalue weighted by atomic mass is 9.84. The van der Waals surface area contributed by atoms with Gasteiger partial charge in [-0.25, -0.2) is 0 Å². The summed E-state index contributed by atoms with van der Waals surface area (Å²) in [6.45, 7) is 3.75. The van der Waals surface area contributed by atoms with Crippen LogP contribution in [0.4, 0.5) is 0 Å². The van der Waals surface area contributed by atoms with E-state index in [0.29, 0.717) is 0 Å². The van der Waals surface area contributed by atoms with E-state index in [1.807, 2.05) is 6.07 Å². The Morgan fingerprint density at radius 3 is 2.42 bits per heavy atom. The first-order valence-corrected chi connectivity index (χ1v) is 9.49. The highest BCUT2D eigenvalue weighted by atomic mass is 16.1. The molecule has 2 aliphatic rings. The second-order valence-corrected chi connectivity index (χ2v) is 7.59. The molecule has 3 N–H and O–H groups in total. The number of primary amides is 1. The number of benzene rings is 1. The zero-order chi connectivity index (χ0) is 16.8. The summed E-state index contributed by atoms with van der Waals surface area (Å²) < 4.78 is 0. The van der Waals surface area contributed by atoms with Gasteiger partial charge in [0.25, 0.3) is 0 Å². The highest BCUT2D eigenvalue weighted by Gasteiger charge is 2.39. The van der Waals surface area contributed by atoms with E-state index >= 15 is 0 Å². The lowest BCUT2D eigenvalue weighted by Crippen LogP contribution is -2.61. The highest BCUT2D eigenvalue weighted by molar-refractivity contribution is 5.84. The Labute approximate surface area is 145 Å². The molecule has 1 aromatic carbocycles. The van der Waals surface area contributed by atoms with E-state index in [4.69, 9.17) is 5.73 Å². The number of likely N-dealkylation sites (tertiary alicyclic amines) is 1. The van der Waals surface area contributed by atoms with Gasteiger partial charge in [0, 0.05) is 19.6 Å². The van der Waals surface area contributed by atoms with Crippen molar-refractivity contribution in [3.63, 3.8) is 0 Å². The number of carbonyl (C=O) groups excluding carboxylic acids is 1. The Kier molecular flexibility index (Phi) is 5.90. The molecule has 1 saturated carbocycles. The van der Waals surface area contributed by atoms with E-state index in [0.717, 1.165) is 44.9 Å². The van der Waals surface area contributed by atoms with Gasteiger partial charge in [0.05, 0.1) is 0 Å². The van der Waals surface area contributed by atoms with Gasteiger partial charge in [0.2, 0.25) is 5.91 Å². The predicted octanol–water partition coefficient (Wildman–Crippen LogP) is 2.68. The molecule has 4 heteroatoms. The van der Waals surface area contributed by atoms with Crippen molar-refractivity contribution in [2.75, 3.05) is 19.6 Å². The monoisotopic (exact) mass is 329 g/mol. The van der Waals surface area contributed by atoms with Crippen molar-refractivity contribution in [3.8, 4) is 0 Å². The minimum atomic E-state index is -0.495. The van der Waals surface area contributed by atoms with Gasteiger partial charge in [-0.05, 0) is 43.7 Å². The third kappa shape index (κ3) is 4.37. The Hall–Kier alpha value is -1.39. The molecule has 1 aromatic rings. The molecular weight excluding hydrogens is 298 g/mol. The quantitative estimate of drug-likeness (QED) is 0.843. The number of rotatable bonds is 6. The van der Waals surface area contributed by atoms with Gasteiger partial charge in [0.15, 0.2) is 0 Å². The molecule has 4 nitrogen and oxygen atoms in total. The molecule has 132 valence electrons. The Balaban J connectivity index is 1.52. The Morgan fingerprint density at radius 2 is 1.79 bits per heavy atom. The minimum Gasteiger partial charge on any atom is -0.368 e. The van der Waals surface area contributed by atoms with Gasteiger partial charge >= 0.3 is 0 Å². The second-order valence-electron chi connectivity index (χ2n) is 7.59. The van der Waals surface area contributed by atoms with E-state index in [1.165, 1.54) is 37.7 Å². The average molecular weight is 329 g/mol. The maximum Gasteiger partial charge on any atom is 0.237 e. The van der Waals surface area contributed by atoms with Crippen LogP contribution < -0.4 is 11.1 Å². The first-order chi connectivity index (χ1) is 11.7. The molecule has 0 aromatic heterocycles. The molecule has 0 unspecified atom stereocenters. The van der Waals surface area contributed by atoms with E-state index in [-0.39, 0.29) is 5.91 Å². The van der Waals surface area contributed by atoms with Crippen molar-refractivity contribution in [2.24, 2.45) is 11.7 Å². The average Bonchev–Trinajstić information content (AvgIpc) is 2.63. The molecule has 1 heterocycles. The van der Waals surface area contributed by atoms with Gasteiger partial charge in [-0.2, -0.15) is 0 Å². The molecule has 0 atom stereocenters. The summed E-state index contributed by atoms with van der Waals surface area (Å²) >= 11 is 0. The van der Waals surface area contributed by atoms with Crippen LogP contribution >= 0.6 is 0 Å². The van der Waals surface area contributed by atoms with E-state index in [2.05, 4.69) is 34.5 Å². The van der Waals surface area contributed by atoms with Crippen molar-refractivity contribution >= 4 is 5.91 Å². The SMILES string of the molecule is NC(=O)C1(NCC2CCCCC2)CCN(Cc2ccccc2)CC1. The van der Waals surface area contributed by atoms with Crippen LogP contribution in [0, 0.1) is 5.92 Å². The van der Waals surface area contributed by atoms with Gasteiger partial charge in [-0.3, -0.25) is 9.69 Å². The summed E-state index contributed by atoms with van der Waals surface area (Å²) in [5, 5.41) is 3.59. The largest absolute Gasteiger partial charge is 0.368 e. The number of nitrogens with one attached hydrogen (secondary N) is 1. The number of amides is 1. The standard InChI is InChI=1S/C20H31N3O/c21-19(24)20(22-15-17-7-3-1-4-8-17)11-13-23(14-12-20)16-18-9-5-2-6-10-18/h2,5-6,9-10,17,22H,1,3-4,7-8,11-16H2,(H2,21,24). The van der Waals surface area contributed by atoms with E-state index in [1.54, 1.807) is 0 Å². The van der Waals surface area contributed by atoms with Crippen LogP contribution in [0.25, 0.3) is 0 Å². The zero-order valence-electron chi connectivity index (χ0n) is 14.7. The molecule has 1 saturated heterocycles. The molecule has 0 spiro atoms. The lowest BCUT2D eigenvalue weighted by molar-refractivity contribution is -0.126. The van der Waals surface area contributed by atoms with Crippen molar-refractivity contribution in [3.05, 3.63) is 35.9 Å².